The van der Waals surface area contributed by atoms with Crippen molar-refractivity contribution in [1.82, 2.24) is 10.2 Å². The Morgan fingerprint density at radius 2 is 1.80 bits per heavy atom. The monoisotopic (exact) mass is 282 g/mol. The van der Waals surface area contributed by atoms with Gasteiger partial charge in [-0.25, -0.2) is 0 Å². The summed E-state index contributed by atoms with van der Waals surface area (Å²) >= 11 is 0. The van der Waals surface area contributed by atoms with Crippen molar-refractivity contribution < 1.29 is 5.11 Å². The maximum Gasteiger partial charge on any atom is 0.0558 e. The number of nitrogens with one attached hydrogen (secondary N) is 1. The van der Waals surface area contributed by atoms with Crippen LogP contribution in [0.25, 0.3) is 0 Å². The highest BCUT2D eigenvalue weighted by atomic mass is 16.3. The van der Waals surface area contributed by atoms with Crippen LogP contribution in [0.3, 0.4) is 0 Å². The summed E-state index contributed by atoms with van der Waals surface area (Å²) in [5, 5.41) is 13.1. The number of rotatable bonds is 7. The van der Waals surface area contributed by atoms with Crippen LogP contribution < -0.4 is 5.32 Å². The number of hydrogen-bond donors (Lipinski definition) is 2. The van der Waals surface area contributed by atoms with E-state index in [1.165, 1.54) is 51.5 Å². The summed E-state index contributed by atoms with van der Waals surface area (Å²) in [6, 6.07) is 0.745. The first-order valence-electron chi connectivity index (χ1n) is 8.54. The molecule has 0 aromatic heterocycles. The van der Waals surface area contributed by atoms with Crippen LogP contribution in [-0.4, -0.2) is 47.8 Å². The SMILES string of the molecule is CC(C)(C)NCC1(CN(CCO)C2CCC2)CCCC1. The number of hydrogen-bond acceptors (Lipinski definition) is 3. The molecule has 2 N–H and O–H groups in total. The fourth-order valence-electron chi connectivity index (χ4n) is 3.67. The summed E-state index contributed by atoms with van der Waals surface area (Å²) in [5.41, 5.74) is 0.645. The van der Waals surface area contributed by atoms with E-state index in [1.807, 2.05) is 0 Å². The topological polar surface area (TPSA) is 35.5 Å². The third-order valence-corrected chi connectivity index (χ3v) is 5.17. The fraction of sp³-hybridized carbons (Fsp3) is 1.00. The average Bonchev–Trinajstić information content (AvgIpc) is 2.73. The minimum atomic E-state index is 0.202. The van der Waals surface area contributed by atoms with Gasteiger partial charge in [0, 0.05) is 31.2 Å². The van der Waals surface area contributed by atoms with E-state index in [1.54, 1.807) is 0 Å². The Morgan fingerprint density at radius 3 is 2.25 bits per heavy atom. The molecule has 2 saturated carbocycles. The van der Waals surface area contributed by atoms with E-state index in [9.17, 15) is 5.11 Å². The second-order valence-corrected chi connectivity index (χ2v) is 8.09. The van der Waals surface area contributed by atoms with Crippen LogP contribution in [0, 0.1) is 5.41 Å². The van der Waals surface area contributed by atoms with Gasteiger partial charge in [0.15, 0.2) is 0 Å². The Hall–Kier alpha value is -0.120. The summed E-state index contributed by atoms with van der Waals surface area (Å²) in [5.74, 6) is 0. The van der Waals surface area contributed by atoms with Crippen molar-refractivity contribution in [3.05, 3.63) is 0 Å². The molecule has 0 aliphatic heterocycles. The fourth-order valence-corrected chi connectivity index (χ4v) is 3.67. The molecule has 2 rings (SSSR count). The summed E-state index contributed by atoms with van der Waals surface area (Å²) in [7, 11) is 0. The normalized spacial score (nSPS) is 23.2. The van der Waals surface area contributed by atoms with Crippen molar-refractivity contribution >= 4 is 0 Å². The first-order chi connectivity index (χ1) is 9.44. The molecule has 2 aliphatic rings. The molecule has 0 saturated heterocycles. The minimum Gasteiger partial charge on any atom is -0.395 e. The van der Waals surface area contributed by atoms with Gasteiger partial charge in [0.2, 0.25) is 0 Å². The van der Waals surface area contributed by atoms with Gasteiger partial charge in [-0.2, -0.15) is 0 Å². The standard InChI is InChI=1S/C17H34N2O/c1-16(2,3)18-13-17(9-4-5-10-17)14-19(11-12-20)15-7-6-8-15/h15,18,20H,4-14H2,1-3H3. The van der Waals surface area contributed by atoms with Crippen LogP contribution in [0.5, 0.6) is 0 Å². The van der Waals surface area contributed by atoms with Gasteiger partial charge in [0.25, 0.3) is 0 Å². The molecular formula is C17H34N2O. The van der Waals surface area contributed by atoms with E-state index >= 15 is 0 Å². The molecule has 0 unspecified atom stereocenters. The van der Waals surface area contributed by atoms with Crippen molar-refractivity contribution in [3.63, 3.8) is 0 Å². The zero-order chi connectivity index (χ0) is 14.6. The summed E-state index contributed by atoms with van der Waals surface area (Å²) < 4.78 is 0. The van der Waals surface area contributed by atoms with Gasteiger partial charge >= 0.3 is 0 Å². The quantitative estimate of drug-likeness (QED) is 0.754. The number of nitrogens with zero attached hydrogens (tertiary/aromatic N) is 1. The van der Waals surface area contributed by atoms with E-state index < -0.39 is 0 Å². The highest BCUT2D eigenvalue weighted by Crippen LogP contribution is 2.40. The first kappa shape index (κ1) is 16.3. The van der Waals surface area contributed by atoms with E-state index in [0.29, 0.717) is 12.0 Å². The molecule has 2 aliphatic carbocycles. The molecule has 118 valence electrons. The highest BCUT2D eigenvalue weighted by molar-refractivity contribution is 4.93. The van der Waals surface area contributed by atoms with Crippen LogP contribution in [-0.2, 0) is 0 Å². The van der Waals surface area contributed by atoms with Crippen molar-refractivity contribution in [2.24, 2.45) is 5.41 Å². The van der Waals surface area contributed by atoms with E-state index in [2.05, 4.69) is 31.0 Å². The lowest BCUT2D eigenvalue weighted by atomic mass is 9.82. The van der Waals surface area contributed by atoms with Crippen molar-refractivity contribution in [2.75, 3.05) is 26.2 Å². The number of aliphatic hydroxyl groups excluding tert-OH is 1. The molecule has 0 aromatic rings. The van der Waals surface area contributed by atoms with E-state index in [0.717, 1.165) is 19.1 Å². The van der Waals surface area contributed by atoms with Gasteiger partial charge in [-0.15, -0.1) is 0 Å². The Bertz CT molecular complexity index is 288. The van der Waals surface area contributed by atoms with Crippen LogP contribution in [0.15, 0.2) is 0 Å². The molecule has 0 aromatic carbocycles. The molecule has 0 spiro atoms. The molecule has 20 heavy (non-hydrogen) atoms. The Morgan fingerprint density at radius 1 is 1.15 bits per heavy atom. The van der Waals surface area contributed by atoms with Crippen molar-refractivity contribution in [3.8, 4) is 0 Å². The predicted octanol–water partition coefficient (Wildman–Crippen LogP) is 2.78. The molecule has 3 nitrogen and oxygen atoms in total. The third-order valence-electron chi connectivity index (χ3n) is 5.17. The zero-order valence-electron chi connectivity index (χ0n) is 13.7. The maximum absolute atomic E-state index is 9.36. The molecule has 3 heteroatoms. The molecule has 0 amide bonds. The predicted molar refractivity (Wildman–Crippen MR) is 85.0 cm³/mol. The summed E-state index contributed by atoms with van der Waals surface area (Å²) in [6.45, 7) is 10.3. The lowest BCUT2D eigenvalue weighted by Crippen LogP contribution is -2.51. The average molecular weight is 282 g/mol. The van der Waals surface area contributed by atoms with Crippen LogP contribution >= 0.6 is 0 Å². The Balaban J connectivity index is 1.95. The molecule has 2 fully saturated rings. The largest absolute Gasteiger partial charge is 0.395 e. The van der Waals surface area contributed by atoms with E-state index in [-0.39, 0.29) is 5.54 Å². The van der Waals surface area contributed by atoms with Crippen LogP contribution in [0.1, 0.15) is 65.7 Å². The smallest absolute Gasteiger partial charge is 0.0558 e. The second-order valence-electron chi connectivity index (χ2n) is 8.09. The van der Waals surface area contributed by atoms with Gasteiger partial charge in [0.05, 0.1) is 6.61 Å². The van der Waals surface area contributed by atoms with Crippen LogP contribution in [0.2, 0.25) is 0 Å². The van der Waals surface area contributed by atoms with Gasteiger partial charge in [-0.3, -0.25) is 4.90 Å². The van der Waals surface area contributed by atoms with E-state index in [4.69, 9.17) is 0 Å². The molecule has 0 radical (unpaired) electrons. The van der Waals surface area contributed by atoms with Crippen molar-refractivity contribution in [1.29, 1.82) is 0 Å². The summed E-state index contributed by atoms with van der Waals surface area (Å²) in [4.78, 5) is 2.58. The van der Waals surface area contributed by atoms with Gasteiger partial charge < -0.3 is 10.4 Å². The minimum absolute atomic E-state index is 0.202. The molecule has 0 atom stereocenters. The molecule has 0 bridgehead atoms. The maximum atomic E-state index is 9.36. The van der Waals surface area contributed by atoms with Gasteiger partial charge in [-0.05, 0) is 51.9 Å². The summed E-state index contributed by atoms with van der Waals surface area (Å²) in [6.07, 6.45) is 9.51. The second kappa shape index (κ2) is 6.76. The van der Waals surface area contributed by atoms with Gasteiger partial charge in [-0.1, -0.05) is 19.3 Å². The highest BCUT2D eigenvalue weighted by Gasteiger charge is 2.38. The van der Waals surface area contributed by atoms with Crippen LogP contribution in [0.4, 0.5) is 0 Å². The first-order valence-corrected chi connectivity index (χ1v) is 8.54. The van der Waals surface area contributed by atoms with Gasteiger partial charge in [0.1, 0.15) is 0 Å². The number of aliphatic hydroxyl groups is 1. The Kier molecular flexibility index (Phi) is 5.49. The third kappa shape index (κ3) is 4.44. The lowest BCUT2D eigenvalue weighted by Gasteiger charge is -2.44. The zero-order valence-corrected chi connectivity index (χ0v) is 13.7. The molecular weight excluding hydrogens is 248 g/mol. The lowest BCUT2D eigenvalue weighted by molar-refractivity contribution is 0.0515. The Labute approximate surface area is 125 Å². The molecule has 0 heterocycles. The van der Waals surface area contributed by atoms with Crippen molar-refractivity contribution in [2.45, 2.75) is 77.3 Å².